The van der Waals surface area contributed by atoms with Crippen molar-refractivity contribution in [2.24, 2.45) is 0 Å². The number of aromatic nitrogens is 3. The highest BCUT2D eigenvalue weighted by Crippen LogP contribution is 2.44. The minimum atomic E-state index is -0.275. The van der Waals surface area contributed by atoms with Gasteiger partial charge in [0.25, 0.3) is 0 Å². The summed E-state index contributed by atoms with van der Waals surface area (Å²) in [5, 5.41) is 8.01. The minimum Gasteiger partial charge on any atom is -0.469 e. The average molecular weight is 418 g/mol. The van der Waals surface area contributed by atoms with Gasteiger partial charge in [0.1, 0.15) is 17.6 Å². The van der Waals surface area contributed by atoms with Crippen LogP contribution in [-0.4, -0.2) is 33.6 Å². The molecular formula is C24H27N5O2. The second-order valence-corrected chi connectivity index (χ2v) is 8.15. The van der Waals surface area contributed by atoms with Crippen LogP contribution in [-0.2, 0) is 4.79 Å². The van der Waals surface area contributed by atoms with E-state index in [4.69, 9.17) is 4.42 Å². The molecule has 160 valence electrons. The number of Topliss-reactive ketones (excluding diaryl/α,β-unsaturated/α-hetero) is 1. The largest absolute Gasteiger partial charge is 0.469 e. The lowest BCUT2D eigenvalue weighted by Gasteiger charge is -2.34. The van der Waals surface area contributed by atoms with E-state index in [-0.39, 0.29) is 17.7 Å². The lowest BCUT2D eigenvalue weighted by atomic mass is 9.79. The average Bonchev–Trinajstić information content (AvgIpc) is 3.43. The number of nitrogens with one attached hydrogen (secondary N) is 1. The highest BCUT2D eigenvalue weighted by molar-refractivity contribution is 6.00. The number of benzene rings is 1. The van der Waals surface area contributed by atoms with Crippen LogP contribution in [0.15, 0.2) is 58.3 Å². The molecule has 0 saturated heterocycles. The predicted molar refractivity (Wildman–Crippen MR) is 119 cm³/mol. The Morgan fingerprint density at radius 2 is 1.94 bits per heavy atom. The van der Waals surface area contributed by atoms with Crippen LogP contribution in [0.1, 0.15) is 55.8 Å². The smallest absolute Gasteiger partial charge is 0.226 e. The van der Waals surface area contributed by atoms with Crippen molar-refractivity contribution in [1.29, 1.82) is 0 Å². The van der Waals surface area contributed by atoms with Crippen LogP contribution in [0.4, 0.5) is 11.6 Å². The van der Waals surface area contributed by atoms with Gasteiger partial charge in [0.15, 0.2) is 5.78 Å². The van der Waals surface area contributed by atoms with Crippen molar-refractivity contribution in [1.82, 2.24) is 14.8 Å². The molecule has 2 aromatic heterocycles. The Kier molecular flexibility index (Phi) is 4.88. The SMILES string of the molecule is CCN(CC)c1ccc([C@@H]2C3=C(C[C@@H](c4ccco4)CC3=O)Nc3nc(C)nn32)cc1. The van der Waals surface area contributed by atoms with Gasteiger partial charge in [-0.05, 0) is 57.0 Å². The van der Waals surface area contributed by atoms with E-state index in [9.17, 15) is 4.79 Å². The molecule has 1 aliphatic heterocycles. The van der Waals surface area contributed by atoms with Crippen LogP contribution >= 0.6 is 0 Å². The molecule has 2 atom stereocenters. The molecule has 1 N–H and O–H groups in total. The molecule has 5 rings (SSSR count). The van der Waals surface area contributed by atoms with Crippen LogP contribution in [0.5, 0.6) is 0 Å². The number of nitrogens with zero attached hydrogens (tertiary/aromatic N) is 4. The summed E-state index contributed by atoms with van der Waals surface area (Å²) >= 11 is 0. The maximum atomic E-state index is 13.4. The molecule has 0 spiro atoms. The first kappa shape index (κ1) is 19.6. The molecule has 0 amide bonds. The summed E-state index contributed by atoms with van der Waals surface area (Å²) in [4.78, 5) is 20.3. The molecule has 0 radical (unpaired) electrons. The zero-order valence-corrected chi connectivity index (χ0v) is 18.1. The van der Waals surface area contributed by atoms with Crippen molar-refractivity contribution in [3.05, 3.63) is 71.1 Å². The van der Waals surface area contributed by atoms with Gasteiger partial charge in [-0.1, -0.05) is 12.1 Å². The quantitative estimate of drug-likeness (QED) is 0.661. The summed E-state index contributed by atoms with van der Waals surface area (Å²) in [5.41, 5.74) is 3.94. The summed E-state index contributed by atoms with van der Waals surface area (Å²) in [5.74, 6) is 2.39. The maximum absolute atomic E-state index is 13.4. The molecule has 3 aromatic rings. The third kappa shape index (κ3) is 3.34. The zero-order valence-electron chi connectivity index (χ0n) is 18.1. The second-order valence-electron chi connectivity index (χ2n) is 8.15. The third-order valence-corrected chi connectivity index (χ3v) is 6.31. The number of carbonyl (C=O) groups is 1. The highest BCUT2D eigenvalue weighted by Gasteiger charge is 2.40. The van der Waals surface area contributed by atoms with Crippen LogP contribution < -0.4 is 10.2 Å². The molecule has 0 saturated carbocycles. The van der Waals surface area contributed by atoms with E-state index in [0.29, 0.717) is 24.6 Å². The van der Waals surface area contributed by atoms with E-state index < -0.39 is 0 Å². The van der Waals surface area contributed by atoms with Crippen molar-refractivity contribution in [2.75, 3.05) is 23.3 Å². The Balaban J connectivity index is 1.57. The van der Waals surface area contributed by atoms with Crippen molar-refractivity contribution >= 4 is 17.4 Å². The number of hydrogen-bond acceptors (Lipinski definition) is 6. The monoisotopic (exact) mass is 417 g/mol. The van der Waals surface area contributed by atoms with Gasteiger partial charge in [-0.3, -0.25) is 4.79 Å². The topological polar surface area (TPSA) is 76.2 Å². The van der Waals surface area contributed by atoms with Gasteiger partial charge in [0.2, 0.25) is 5.95 Å². The van der Waals surface area contributed by atoms with Gasteiger partial charge < -0.3 is 14.6 Å². The fourth-order valence-electron chi connectivity index (χ4n) is 4.81. The number of furan rings is 1. The van der Waals surface area contributed by atoms with Crippen molar-refractivity contribution in [3.63, 3.8) is 0 Å². The van der Waals surface area contributed by atoms with Crippen LogP contribution in [0, 0.1) is 6.92 Å². The van der Waals surface area contributed by atoms with Crippen molar-refractivity contribution in [3.8, 4) is 0 Å². The molecule has 7 heteroatoms. The fourth-order valence-corrected chi connectivity index (χ4v) is 4.81. The molecule has 7 nitrogen and oxygen atoms in total. The molecule has 31 heavy (non-hydrogen) atoms. The lowest BCUT2D eigenvalue weighted by Crippen LogP contribution is -2.33. The van der Waals surface area contributed by atoms with E-state index in [1.165, 1.54) is 5.69 Å². The number of rotatable bonds is 5. The Hall–Kier alpha value is -3.35. The van der Waals surface area contributed by atoms with E-state index in [2.05, 4.69) is 58.4 Å². The van der Waals surface area contributed by atoms with Crippen LogP contribution in [0.3, 0.4) is 0 Å². The highest BCUT2D eigenvalue weighted by atomic mass is 16.3. The molecule has 0 bridgehead atoms. The number of fused-ring (bicyclic) bond motifs is 1. The number of ketones is 1. The van der Waals surface area contributed by atoms with Gasteiger partial charge in [-0.25, -0.2) is 4.68 Å². The van der Waals surface area contributed by atoms with E-state index in [1.807, 2.05) is 23.7 Å². The first-order chi connectivity index (χ1) is 15.1. The molecule has 2 aliphatic rings. The lowest BCUT2D eigenvalue weighted by molar-refractivity contribution is -0.117. The zero-order chi connectivity index (χ0) is 21.5. The van der Waals surface area contributed by atoms with Crippen molar-refractivity contribution in [2.45, 2.75) is 45.6 Å². The Morgan fingerprint density at radius 3 is 2.61 bits per heavy atom. The van der Waals surface area contributed by atoms with Crippen LogP contribution in [0.25, 0.3) is 0 Å². The van der Waals surface area contributed by atoms with E-state index in [0.717, 1.165) is 35.7 Å². The number of hydrogen-bond donors (Lipinski definition) is 1. The minimum absolute atomic E-state index is 0.0370. The molecule has 1 aliphatic carbocycles. The fraction of sp³-hybridized carbons (Fsp3) is 0.375. The molecule has 1 aromatic carbocycles. The Bertz CT molecular complexity index is 1120. The number of carbonyl (C=O) groups excluding carboxylic acids is 1. The Labute approximate surface area is 181 Å². The normalized spacial score (nSPS) is 20.3. The van der Waals surface area contributed by atoms with Crippen LogP contribution in [0.2, 0.25) is 0 Å². The van der Waals surface area contributed by atoms with E-state index in [1.54, 1.807) is 6.26 Å². The van der Waals surface area contributed by atoms with Gasteiger partial charge in [-0.15, -0.1) is 0 Å². The van der Waals surface area contributed by atoms with Gasteiger partial charge in [-0.2, -0.15) is 10.1 Å². The van der Waals surface area contributed by atoms with E-state index >= 15 is 0 Å². The summed E-state index contributed by atoms with van der Waals surface area (Å²) < 4.78 is 7.46. The first-order valence-electron chi connectivity index (χ1n) is 10.9. The van der Waals surface area contributed by atoms with Gasteiger partial charge in [0, 0.05) is 42.4 Å². The maximum Gasteiger partial charge on any atom is 0.226 e. The van der Waals surface area contributed by atoms with Gasteiger partial charge >= 0.3 is 0 Å². The first-order valence-corrected chi connectivity index (χ1v) is 10.9. The molecule has 0 unspecified atom stereocenters. The third-order valence-electron chi connectivity index (χ3n) is 6.31. The molecule has 0 fully saturated rings. The Morgan fingerprint density at radius 1 is 1.16 bits per heavy atom. The molecular weight excluding hydrogens is 390 g/mol. The summed E-state index contributed by atoms with van der Waals surface area (Å²) in [6.45, 7) is 8.10. The second kappa shape index (κ2) is 7.72. The predicted octanol–water partition coefficient (Wildman–Crippen LogP) is 4.44. The van der Waals surface area contributed by atoms with Gasteiger partial charge in [0.05, 0.1) is 6.26 Å². The number of allylic oxidation sites excluding steroid dienone is 2. The standard InChI is InChI=1S/C24H27N5O2/c1-4-28(5-2)18-10-8-16(9-11-18)23-22-19(26-24-25-15(3)27-29(23)24)13-17(14-20(22)30)21-7-6-12-31-21/h6-12,17,23H,4-5,13-14H2,1-3H3,(H,25,26,27)/t17-,23-/m1/s1. The summed E-state index contributed by atoms with van der Waals surface area (Å²) in [6.07, 6.45) is 2.82. The number of anilines is 2. The summed E-state index contributed by atoms with van der Waals surface area (Å²) in [7, 11) is 0. The summed E-state index contributed by atoms with van der Waals surface area (Å²) in [6, 6.07) is 12.0. The molecule has 3 heterocycles. The van der Waals surface area contributed by atoms with Crippen molar-refractivity contribution < 1.29 is 9.21 Å². The number of aryl methyl sites for hydroxylation is 1.